The van der Waals surface area contributed by atoms with Crippen molar-refractivity contribution in [2.24, 2.45) is 0 Å². The smallest absolute Gasteiger partial charge is 0.257 e. The van der Waals surface area contributed by atoms with Crippen LogP contribution in [-0.2, 0) is 11.3 Å². The van der Waals surface area contributed by atoms with Crippen LogP contribution in [0.3, 0.4) is 0 Å². The van der Waals surface area contributed by atoms with Crippen LogP contribution < -0.4 is 16.0 Å². The van der Waals surface area contributed by atoms with Gasteiger partial charge in [-0.05, 0) is 42.0 Å². The average molecular weight is 388 g/mol. The van der Waals surface area contributed by atoms with Crippen LogP contribution in [0.1, 0.15) is 26.3 Å². The molecule has 7 heteroatoms. The van der Waals surface area contributed by atoms with Crippen molar-refractivity contribution in [2.75, 3.05) is 11.9 Å². The first-order chi connectivity index (χ1) is 14.1. The average Bonchev–Trinajstić information content (AvgIpc) is 2.77. The van der Waals surface area contributed by atoms with Gasteiger partial charge in [-0.1, -0.05) is 30.3 Å². The van der Waals surface area contributed by atoms with Crippen LogP contribution in [0.4, 0.5) is 5.69 Å². The molecule has 0 saturated heterocycles. The second kappa shape index (κ2) is 9.80. The van der Waals surface area contributed by atoms with Crippen molar-refractivity contribution in [2.45, 2.75) is 6.54 Å². The predicted molar refractivity (Wildman–Crippen MR) is 109 cm³/mol. The van der Waals surface area contributed by atoms with Crippen molar-refractivity contribution in [1.82, 2.24) is 15.6 Å². The van der Waals surface area contributed by atoms with Gasteiger partial charge in [0.2, 0.25) is 5.91 Å². The van der Waals surface area contributed by atoms with E-state index in [0.29, 0.717) is 16.8 Å². The highest BCUT2D eigenvalue weighted by Crippen LogP contribution is 2.12. The monoisotopic (exact) mass is 388 g/mol. The Morgan fingerprint density at radius 3 is 2.34 bits per heavy atom. The third kappa shape index (κ3) is 6.00. The third-order valence-corrected chi connectivity index (χ3v) is 4.04. The molecule has 2 aromatic carbocycles. The Labute approximate surface area is 168 Å². The molecule has 0 bridgehead atoms. The summed E-state index contributed by atoms with van der Waals surface area (Å²) >= 11 is 0. The lowest BCUT2D eigenvalue weighted by molar-refractivity contribution is -0.120. The fourth-order valence-corrected chi connectivity index (χ4v) is 2.57. The Hall–Kier alpha value is -4.00. The summed E-state index contributed by atoms with van der Waals surface area (Å²) in [6.45, 7) is 0.155. The zero-order chi connectivity index (χ0) is 20.5. The molecule has 29 heavy (non-hydrogen) atoms. The minimum Gasteiger partial charge on any atom is -0.350 e. The van der Waals surface area contributed by atoms with E-state index in [9.17, 15) is 14.4 Å². The second-order valence-corrected chi connectivity index (χ2v) is 6.22. The summed E-state index contributed by atoms with van der Waals surface area (Å²) < 4.78 is 0. The van der Waals surface area contributed by atoms with E-state index in [1.807, 2.05) is 12.1 Å². The summed E-state index contributed by atoms with van der Waals surface area (Å²) in [7, 11) is 0. The lowest BCUT2D eigenvalue weighted by Gasteiger charge is -2.09. The van der Waals surface area contributed by atoms with Gasteiger partial charge in [0.25, 0.3) is 11.8 Å². The summed E-state index contributed by atoms with van der Waals surface area (Å²) in [4.78, 5) is 40.1. The van der Waals surface area contributed by atoms with Crippen LogP contribution in [0, 0.1) is 0 Å². The number of carbonyl (C=O) groups excluding carboxylic acids is 3. The number of anilines is 1. The van der Waals surface area contributed by atoms with E-state index in [0.717, 1.165) is 5.56 Å². The van der Waals surface area contributed by atoms with Gasteiger partial charge >= 0.3 is 0 Å². The molecule has 0 spiro atoms. The van der Waals surface area contributed by atoms with Crippen molar-refractivity contribution in [3.05, 3.63) is 95.8 Å². The lowest BCUT2D eigenvalue weighted by atomic mass is 10.2. The molecule has 3 amide bonds. The molecular formula is C22H20N4O3. The number of benzene rings is 2. The largest absolute Gasteiger partial charge is 0.350 e. The molecule has 1 heterocycles. The normalized spacial score (nSPS) is 10.1. The van der Waals surface area contributed by atoms with Gasteiger partial charge < -0.3 is 16.0 Å². The topological polar surface area (TPSA) is 100 Å². The molecule has 0 radical (unpaired) electrons. The van der Waals surface area contributed by atoms with E-state index < -0.39 is 0 Å². The molecule has 1 aromatic heterocycles. The number of hydrogen-bond donors (Lipinski definition) is 3. The molecule has 0 aliphatic rings. The first kappa shape index (κ1) is 19.8. The van der Waals surface area contributed by atoms with Crippen LogP contribution in [-0.4, -0.2) is 29.3 Å². The summed E-state index contributed by atoms with van der Waals surface area (Å²) in [6.07, 6.45) is 3.09. The Kier molecular flexibility index (Phi) is 6.67. The molecular weight excluding hydrogens is 368 g/mol. The number of rotatable bonds is 7. The van der Waals surface area contributed by atoms with Gasteiger partial charge in [-0.3, -0.25) is 19.4 Å². The maximum Gasteiger partial charge on any atom is 0.257 e. The third-order valence-electron chi connectivity index (χ3n) is 4.04. The maximum atomic E-state index is 12.2. The van der Waals surface area contributed by atoms with Gasteiger partial charge in [0.1, 0.15) is 0 Å². The molecule has 146 valence electrons. The van der Waals surface area contributed by atoms with Crippen LogP contribution in [0.5, 0.6) is 0 Å². The number of hydrogen-bond acceptors (Lipinski definition) is 4. The molecule has 0 aliphatic heterocycles. The van der Waals surface area contributed by atoms with Crippen LogP contribution in [0.15, 0.2) is 79.1 Å². The van der Waals surface area contributed by atoms with Crippen molar-refractivity contribution >= 4 is 23.4 Å². The second-order valence-electron chi connectivity index (χ2n) is 6.22. The van der Waals surface area contributed by atoms with Crippen LogP contribution >= 0.6 is 0 Å². The van der Waals surface area contributed by atoms with Gasteiger partial charge in [0.15, 0.2) is 0 Å². The summed E-state index contributed by atoms with van der Waals surface area (Å²) in [5.41, 5.74) is 2.39. The minimum absolute atomic E-state index is 0.120. The highest BCUT2D eigenvalue weighted by Gasteiger charge is 2.08. The molecule has 0 saturated carbocycles. The quantitative estimate of drug-likeness (QED) is 0.579. The summed E-state index contributed by atoms with van der Waals surface area (Å²) in [6, 6.07) is 19.2. The number of carbonyl (C=O) groups is 3. The fraction of sp³-hybridized carbons (Fsp3) is 0.0909. The molecule has 3 N–H and O–H groups in total. The fourth-order valence-electron chi connectivity index (χ4n) is 2.57. The van der Waals surface area contributed by atoms with Gasteiger partial charge in [0.05, 0.1) is 12.1 Å². The highest BCUT2D eigenvalue weighted by atomic mass is 16.2. The Morgan fingerprint density at radius 2 is 1.59 bits per heavy atom. The van der Waals surface area contributed by atoms with Crippen LogP contribution in [0.2, 0.25) is 0 Å². The Bertz CT molecular complexity index is 991. The van der Waals surface area contributed by atoms with Crippen molar-refractivity contribution < 1.29 is 14.4 Å². The number of pyridine rings is 1. The molecule has 0 atom stereocenters. The summed E-state index contributed by atoms with van der Waals surface area (Å²) in [5, 5.41) is 8.11. The Balaban J connectivity index is 1.48. The van der Waals surface area contributed by atoms with Crippen LogP contribution in [0.25, 0.3) is 0 Å². The molecule has 3 rings (SSSR count). The van der Waals surface area contributed by atoms with Gasteiger partial charge in [-0.2, -0.15) is 0 Å². The summed E-state index contributed by atoms with van der Waals surface area (Å²) in [5.74, 6) is -0.872. The van der Waals surface area contributed by atoms with E-state index in [4.69, 9.17) is 0 Å². The van der Waals surface area contributed by atoms with Gasteiger partial charge in [0, 0.05) is 30.2 Å². The zero-order valence-corrected chi connectivity index (χ0v) is 15.6. The maximum absolute atomic E-state index is 12.2. The standard InChI is InChI=1S/C22H20N4O3/c27-20(15-25-21(28)17-7-2-1-3-8-17)24-13-16-6-4-10-19(12-16)26-22(29)18-9-5-11-23-14-18/h1-12,14H,13,15H2,(H,24,27)(H,25,28)(H,26,29). The van der Waals surface area contributed by atoms with E-state index in [1.165, 1.54) is 6.20 Å². The van der Waals surface area contributed by atoms with E-state index in [1.54, 1.807) is 60.8 Å². The van der Waals surface area contributed by atoms with Crippen molar-refractivity contribution in [3.8, 4) is 0 Å². The molecule has 3 aromatic rings. The van der Waals surface area contributed by atoms with Gasteiger partial charge in [-0.25, -0.2) is 0 Å². The van der Waals surface area contributed by atoms with E-state index in [-0.39, 0.29) is 30.8 Å². The predicted octanol–water partition coefficient (Wildman–Crippen LogP) is 2.38. The number of aromatic nitrogens is 1. The Morgan fingerprint density at radius 1 is 0.793 bits per heavy atom. The minimum atomic E-state index is -0.306. The highest BCUT2D eigenvalue weighted by molar-refractivity contribution is 6.04. The number of nitrogens with one attached hydrogen (secondary N) is 3. The molecule has 0 unspecified atom stereocenters. The van der Waals surface area contributed by atoms with Crippen molar-refractivity contribution in [1.29, 1.82) is 0 Å². The molecule has 0 aliphatic carbocycles. The zero-order valence-electron chi connectivity index (χ0n) is 15.6. The molecule has 7 nitrogen and oxygen atoms in total. The van der Waals surface area contributed by atoms with Crippen molar-refractivity contribution in [3.63, 3.8) is 0 Å². The molecule has 0 fully saturated rings. The number of nitrogens with zero attached hydrogens (tertiary/aromatic N) is 1. The van der Waals surface area contributed by atoms with E-state index in [2.05, 4.69) is 20.9 Å². The SMILES string of the molecule is O=C(CNC(=O)c1ccccc1)NCc1cccc(NC(=O)c2cccnc2)c1. The van der Waals surface area contributed by atoms with Gasteiger partial charge in [-0.15, -0.1) is 0 Å². The van der Waals surface area contributed by atoms with E-state index >= 15 is 0 Å². The lowest BCUT2D eigenvalue weighted by Crippen LogP contribution is -2.36. The number of amides is 3. The first-order valence-corrected chi connectivity index (χ1v) is 9.02. The first-order valence-electron chi connectivity index (χ1n) is 9.02.